The maximum Gasteiger partial charge on any atom is 0.332 e. The van der Waals surface area contributed by atoms with Crippen LogP contribution in [0.2, 0.25) is 0 Å². The first-order valence-corrected chi connectivity index (χ1v) is 13.1. The summed E-state index contributed by atoms with van der Waals surface area (Å²) in [4.78, 5) is 23.2. The molecule has 5 nitrogen and oxygen atoms in total. The number of carbonyl (C=O) groups is 2. The molecular weight excluding hydrogens is 392 g/mol. The number of esters is 2. The topological polar surface area (TPSA) is 61.8 Å². The molecule has 5 heteroatoms. The van der Waals surface area contributed by atoms with E-state index in [1.54, 1.807) is 0 Å². The Labute approximate surface area is 192 Å². The molecule has 0 spiro atoms. The van der Waals surface area contributed by atoms with E-state index in [0.29, 0.717) is 13.2 Å². The Morgan fingerprint density at radius 2 is 0.742 bits per heavy atom. The molecule has 0 aromatic rings. The van der Waals surface area contributed by atoms with E-state index < -0.39 is 11.9 Å². The lowest BCUT2D eigenvalue weighted by atomic mass is 10.1. The van der Waals surface area contributed by atoms with Gasteiger partial charge in [-0.1, -0.05) is 117 Å². The van der Waals surface area contributed by atoms with Crippen molar-refractivity contribution in [3.63, 3.8) is 0 Å². The van der Waals surface area contributed by atoms with Crippen molar-refractivity contribution in [1.29, 1.82) is 0 Å². The smallest absolute Gasteiger partial charge is 0.332 e. The Morgan fingerprint density at radius 1 is 0.452 bits per heavy atom. The van der Waals surface area contributed by atoms with Gasteiger partial charge >= 0.3 is 11.9 Å². The lowest BCUT2D eigenvalue weighted by Gasteiger charge is -2.07. The van der Waals surface area contributed by atoms with E-state index >= 15 is 0 Å². The van der Waals surface area contributed by atoms with Gasteiger partial charge in [0, 0.05) is 0 Å². The molecule has 0 bridgehead atoms. The molecule has 0 aromatic heterocycles. The van der Waals surface area contributed by atoms with Gasteiger partial charge in [0.15, 0.2) is 0 Å². The van der Waals surface area contributed by atoms with Crippen molar-refractivity contribution in [3.8, 4) is 0 Å². The summed E-state index contributed by atoms with van der Waals surface area (Å²) in [6, 6.07) is 0. The Bertz CT molecular complexity index is 361. The zero-order valence-corrected chi connectivity index (χ0v) is 20.6. The molecule has 0 atom stereocenters. The largest absolute Gasteiger partial charge is 0.464 e. The van der Waals surface area contributed by atoms with Crippen LogP contribution >= 0.6 is 0 Å². The molecule has 184 valence electrons. The summed E-state index contributed by atoms with van der Waals surface area (Å²) in [5, 5.41) is 0. The average Bonchev–Trinajstić information content (AvgIpc) is 2.76. The summed E-state index contributed by atoms with van der Waals surface area (Å²) >= 11 is 0. The molecule has 0 unspecified atom stereocenters. The Hall–Kier alpha value is -1.10. The van der Waals surface area contributed by atoms with Crippen molar-refractivity contribution in [2.45, 2.75) is 129 Å². The second-order valence-corrected chi connectivity index (χ2v) is 8.59. The van der Waals surface area contributed by atoms with Crippen LogP contribution in [0.4, 0.5) is 0 Å². The maximum absolute atomic E-state index is 11.6. The number of unbranched alkanes of at least 4 members (excludes halogenated alkanes) is 16. The third kappa shape index (κ3) is 25.0. The van der Waals surface area contributed by atoms with E-state index in [4.69, 9.17) is 14.2 Å². The number of ether oxygens (including phenoxy) is 3. The lowest BCUT2D eigenvalue weighted by molar-refractivity contribution is -0.155. The minimum atomic E-state index is -0.411. The number of rotatable bonds is 24. The van der Waals surface area contributed by atoms with Crippen molar-refractivity contribution in [2.75, 3.05) is 26.4 Å². The normalized spacial score (nSPS) is 10.9. The van der Waals surface area contributed by atoms with Crippen LogP contribution in [-0.4, -0.2) is 38.4 Å². The predicted molar refractivity (Wildman–Crippen MR) is 127 cm³/mol. The van der Waals surface area contributed by atoms with Gasteiger partial charge in [-0.2, -0.15) is 0 Å². The van der Waals surface area contributed by atoms with Crippen LogP contribution in [0.5, 0.6) is 0 Å². The molecule has 0 rings (SSSR count). The van der Waals surface area contributed by atoms with Crippen LogP contribution in [-0.2, 0) is 23.8 Å². The summed E-state index contributed by atoms with van der Waals surface area (Å²) in [7, 11) is 0. The van der Waals surface area contributed by atoms with E-state index in [9.17, 15) is 9.59 Å². The molecule has 0 radical (unpaired) electrons. The van der Waals surface area contributed by atoms with Gasteiger partial charge in [0.25, 0.3) is 0 Å². The Balaban J connectivity index is 3.30. The van der Waals surface area contributed by atoms with Crippen LogP contribution in [0.3, 0.4) is 0 Å². The molecule has 31 heavy (non-hydrogen) atoms. The number of hydrogen-bond donors (Lipinski definition) is 0. The van der Waals surface area contributed by atoms with Crippen LogP contribution < -0.4 is 0 Å². The molecule has 0 heterocycles. The molecule has 0 aliphatic carbocycles. The highest BCUT2D eigenvalue weighted by Gasteiger charge is 2.07. The quantitative estimate of drug-likeness (QED) is 0.117. The van der Waals surface area contributed by atoms with Crippen molar-refractivity contribution in [1.82, 2.24) is 0 Å². The van der Waals surface area contributed by atoms with E-state index in [0.717, 1.165) is 25.7 Å². The maximum atomic E-state index is 11.6. The highest BCUT2D eigenvalue weighted by Crippen LogP contribution is 2.10. The second kappa shape index (κ2) is 25.2. The fourth-order valence-corrected chi connectivity index (χ4v) is 3.50. The van der Waals surface area contributed by atoms with Gasteiger partial charge in [-0.15, -0.1) is 0 Å². The summed E-state index contributed by atoms with van der Waals surface area (Å²) in [6.45, 7) is 4.95. The zero-order chi connectivity index (χ0) is 22.8. The van der Waals surface area contributed by atoms with Gasteiger partial charge in [-0.05, 0) is 12.8 Å². The minimum absolute atomic E-state index is 0.190. The highest BCUT2D eigenvalue weighted by molar-refractivity contribution is 5.73. The van der Waals surface area contributed by atoms with Gasteiger partial charge in [-0.3, -0.25) is 0 Å². The van der Waals surface area contributed by atoms with Crippen molar-refractivity contribution in [3.05, 3.63) is 0 Å². The fourth-order valence-electron chi connectivity index (χ4n) is 3.50. The lowest BCUT2D eigenvalue weighted by Crippen LogP contribution is -2.19. The molecule has 0 N–H and O–H groups in total. The second-order valence-electron chi connectivity index (χ2n) is 8.59. The van der Waals surface area contributed by atoms with Gasteiger partial charge in [-0.25, -0.2) is 9.59 Å². The third-order valence-electron chi connectivity index (χ3n) is 5.46. The van der Waals surface area contributed by atoms with Crippen LogP contribution in [0.1, 0.15) is 129 Å². The SMILES string of the molecule is CCCCCCCCCCCOC(=O)COCC(=O)OCCCCCCCCCCC. The van der Waals surface area contributed by atoms with Crippen molar-refractivity contribution >= 4 is 11.9 Å². The van der Waals surface area contributed by atoms with Gasteiger partial charge < -0.3 is 14.2 Å². The molecule has 0 aliphatic rings. The Kier molecular flexibility index (Phi) is 24.3. The van der Waals surface area contributed by atoms with Crippen molar-refractivity contribution in [2.24, 2.45) is 0 Å². The van der Waals surface area contributed by atoms with Crippen molar-refractivity contribution < 1.29 is 23.8 Å². The molecule has 0 saturated carbocycles. The highest BCUT2D eigenvalue weighted by atomic mass is 16.6. The van der Waals surface area contributed by atoms with Gasteiger partial charge in [0.2, 0.25) is 0 Å². The standard InChI is InChI=1S/C26H50O5/c1-3-5-7-9-11-13-15-17-19-21-30-25(27)23-29-24-26(28)31-22-20-18-16-14-12-10-8-6-4-2/h3-24H2,1-2H3. The monoisotopic (exact) mass is 442 g/mol. The van der Waals surface area contributed by atoms with Gasteiger partial charge in [0.1, 0.15) is 13.2 Å². The zero-order valence-electron chi connectivity index (χ0n) is 20.6. The minimum Gasteiger partial charge on any atom is -0.464 e. The van der Waals surface area contributed by atoms with Crippen LogP contribution in [0, 0.1) is 0 Å². The summed E-state index contributed by atoms with van der Waals surface area (Å²) < 4.78 is 15.4. The average molecular weight is 443 g/mol. The van der Waals surface area contributed by atoms with Crippen LogP contribution in [0.15, 0.2) is 0 Å². The molecule has 0 aromatic carbocycles. The number of carbonyl (C=O) groups excluding carboxylic acids is 2. The molecule has 0 fully saturated rings. The fraction of sp³-hybridized carbons (Fsp3) is 0.923. The molecule has 0 aliphatic heterocycles. The van der Waals surface area contributed by atoms with E-state index in [-0.39, 0.29) is 13.2 Å². The van der Waals surface area contributed by atoms with Gasteiger partial charge in [0.05, 0.1) is 13.2 Å². The van der Waals surface area contributed by atoms with E-state index in [1.807, 2.05) is 0 Å². The number of hydrogen-bond acceptors (Lipinski definition) is 5. The molecule has 0 amide bonds. The third-order valence-corrected chi connectivity index (χ3v) is 5.46. The molecule has 0 saturated heterocycles. The van der Waals surface area contributed by atoms with E-state index in [1.165, 1.54) is 89.9 Å². The Morgan fingerprint density at radius 3 is 1.06 bits per heavy atom. The summed E-state index contributed by atoms with van der Waals surface area (Å²) in [5.41, 5.74) is 0. The predicted octanol–water partition coefficient (Wildman–Crippen LogP) is 7.15. The first-order valence-electron chi connectivity index (χ1n) is 13.1. The van der Waals surface area contributed by atoms with E-state index in [2.05, 4.69) is 13.8 Å². The summed E-state index contributed by atoms with van der Waals surface area (Å²) in [6.07, 6.45) is 22.1. The summed E-state index contributed by atoms with van der Waals surface area (Å²) in [5.74, 6) is -0.822. The van der Waals surface area contributed by atoms with Crippen LogP contribution in [0.25, 0.3) is 0 Å². The molecular formula is C26H50O5. The first kappa shape index (κ1) is 29.9. The first-order chi connectivity index (χ1) is 15.2.